The van der Waals surface area contributed by atoms with Crippen LogP contribution >= 0.6 is 23.2 Å². The quantitative estimate of drug-likeness (QED) is 0.851. The molecule has 3 heterocycles. The molecule has 3 unspecified atom stereocenters. The van der Waals surface area contributed by atoms with E-state index in [4.69, 9.17) is 23.2 Å². The Labute approximate surface area is 125 Å². The number of hydrogen-bond donors (Lipinski definition) is 1. The molecule has 20 heavy (non-hydrogen) atoms. The number of nitrogens with zero attached hydrogens (tertiary/aromatic N) is 2. The maximum absolute atomic E-state index is 12.6. The highest BCUT2D eigenvalue weighted by molar-refractivity contribution is 6.33. The molecular weight excluding hydrogens is 303 g/mol. The molecule has 2 fully saturated rings. The number of aromatic nitrogens is 1. The lowest BCUT2D eigenvalue weighted by molar-refractivity contribution is -0.142. The Bertz CT molecular complexity index is 573. The first-order valence-electron chi connectivity index (χ1n) is 6.36. The van der Waals surface area contributed by atoms with Crippen molar-refractivity contribution < 1.29 is 14.7 Å². The molecular formula is C13H12Cl2N2O3. The summed E-state index contributed by atoms with van der Waals surface area (Å²) in [5, 5.41) is 9.51. The van der Waals surface area contributed by atoms with Crippen LogP contribution < -0.4 is 0 Å². The fraction of sp³-hybridized carbons (Fsp3) is 0.462. The molecule has 2 aliphatic rings. The monoisotopic (exact) mass is 314 g/mol. The number of carbonyl (C=O) groups is 2. The third-order valence-corrected chi connectivity index (χ3v) is 4.49. The van der Waals surface area contributed by atoms with E-state index in [1.807, 2.05) is 0 Å². The van der Waals surface area contributed by atoms with Crippen molar-refractivity contribution in [3.05, 3.63) is 28.0 Å². The molecule has 106 valence electrons. The average Bonchev–Trinajstić information content (AvgIpc) is 2.94. The molecule has 3 atom stereocenters. The van der Waals surface area contributed by atoms with Gasteiger partial charge >= 0.3 is 5.97 Å². The van der Waals surface area contributed by atoms with Gasteiger partial charge < -0.3 is 10.0 Å². The van der Waals surface area contributed by atoms with Gasteiger partial charge in [0.15, 0.2) is 0 Å². The van der Waals surface area contributed by atoms with Crippen LogP contribution in [0.1, 0.15) is 29.6 Å². The van der Waals surface area contributed by atoms with Crippen LogP contribution in [0, 0.1) is 5.92 Å². The van der Waals surface area contributed by atoms with Gasteiger partial charge in [-0.15, -0.1) is 0 Å². The van der Waals surface area contributed by atoms with E-state index in [-0.39, 0.29) is 28.3 Å². The zero-order valence-electron chi connectivity index (χ0n) is 10.4. The number of carboxylic acid groups (broad SMARTS) is 1. The molecule has 0 aromatic carbocycles. The van der Waals surface area contributed by atoms with Gasteiger partial charge in [0.05, 0.1) is 5.92 Å². The highest BCUT2D eigenvalue weighted by atomic mass is 35.5. The Hall–Kier alpha value is -1.33. The van der Waals surface area contributed by atoms with Crippen LogP contribution in [0.15, 0.2) is 12.1 Å². The molecule has 7 heteroatoms. The number of rotatable bonds is 2. The normalized spacial score (nSPS) is 27.9. The highest BCUT2D eigenvalue weighted by Crippen LogP contribution is 2.42. The van der Waals surface area contributed by atoms with E-state index in [0.29, 0.717) is 12.0 Å². The fourth-order valence-corrected chi connectivity index (χ4v) is 3.77. The molecule has 0 radical (unpaired) electrons. The molecule has 2 aliphatic heterocycles. The Morgan fingerprint density at radius 3 is 2.45 bits per heavy atom. The summed E-state index contributed by atoms with van der Waals surface area (Å²) in [4.78, 5) is 29.3. The number of amides is 1. The Morgan fingerprint density at radius 1 is 1.25 bits per heavy atom. The van der Waals surface area contributed by atoms with Gasteiger partial charge in [-0.25, -0.2) is 4.98 Å². The van der Waals surface area contributed by atoms with Crippen molar-refractivity contribution in [2.24, 2.45) is 5.92 Å². The van der Waals surface area contributed by atoms with E-state index in [1.165, 1.54) is 12.1 Å². The first-order chi connectivity index (χ1) is 9.47. The van der Waals surface area contributed by atoms with E-state index in [2.05, 4.69) is 4.98 Å². The third-order valence-electron chi connectivity index (χ3n) is 4.10. The van der Waals surface area contributed by atoms with Crippen LogP contribution in [0.4, 0.5) is 0 Å². The second-order valence-corrected chi connectivity index (χ2v) is 5.97. The van der Waals surface area contributed by atoms with Gasteiger partial charge in [-0.05, 0) is 31.4 Å². The van der Waals surface area contributed by atoms with Crippen LogP contribution in [0.5, 0.6) is 0 Å². The topological polar surface area (TPSA) is 70.5 Å². The first-order valence-corrected chi connectivity index (χ1v) is 7.11. The van der Waals surface area contributed by atoms with Gasteiger partial charge in [-0.2, -0.15) is 0 Å². The van der Waals surface area contributed by atoms with Crippen molar-refractivity contribution in [2.75, 3.05) is 0 Å². The predicted molar refractivity (Wildman–Crippen MR) is 73.0 cm³/mol. The molecule has 0 spiro atoms. The summed E-state index contributed by atoms with van der Waals surface area (Å²) >= 11 is 11.6. The van der Waals surface area contributed by atoms with E-state index in [0.717, 1.165) is 12.8 Å². The predicted octanol–water partition coefficient (Wildman–Crippen LogP) is 2.47. The van der Waals surface area contributed by atoms with Crippen LogP contribution in [0.25, 0.3) is 0 Å². The van der Waals surface area contributed by atoms with Crippen LogP contribution in [-0.4, -0.2) is 39.0 Å². The lowest BCUT2D eigenvalue weighted by Gasteiger charge is -2.23. The lowest BCUT2D eigenvalue weighted by atomic mass is 9.89. The number of hydrogen-bond acceptors (Lipinski definition) is 3. The lowest BCUT2D eigenvalue weighted by Crippen LogP contribution is -2.37. The van der Waals surface area contributed by atoms with Gasteiger partial charge in [-0.3, -0.25) is 9.59 Å². The highest BCUT2D eigenvalue weighted by Gasteiger charge is 2.51. The molecule has 2 bridgehead atoms. The molecule has 2 saturated heterocycles. The summed E-state index contributed by atoms with van der Waals surface area (Å²) in [6.07, 6.45) is 2.12. The number of aliphatic carboxylic acids is 1. The van der Waals surface area contributed by atoms with Crippen molar-refractivity contribution in [1.29, 1.82) is 0 Å². The van der Waals surface area contributed by atoms with E-state index >= 15 is 0 Å². The van der Waals surface area contributed by atoms with Gasteiger partial charge in [0.1, 0.15) is 10.3 Å². The maximum atomic E-state index is 12.6. The van der Waals surface area contributed by atoms with Crippen molar-refractivity contribution >= 4 is 35.1 Å². The second-order valence-electron chi connectivity index (χ2n) is 5.19. The Kier molecular flexibility index (Phi) is 3.34. The van der Waals surface area contributed by atoms with Gasteiger partial charge in [0.25, 0.3) is 5.91 Å². The van der Waals surface area contributed by atoms with Crippen LogP contribution in [0.3, 0.4) is 0 Å². The van der Waals surface area contributed by atoms with Gasteiger partial charge in [0, 0.05) is 17.6 Å². The van der Waals surface area contributed by atoms with Crippen LogP contribution in [0.2, 0.25) is 10.3 Å². The summed E-state index contributed by atoms with van der Waals surface area (Å²) < 4.78 is 0. The third kappa shape index (κ3) is 2.15. The fourth-order valence-electron chi connectivity index (χ4n) is 3.31. The van der Waals surface area contributed by atoms with Crippen molar-refractivity contribution in [2.45, 2.75) is 31.3 Å². The summed E-state index contributed by atoms with van der Waals surface area (Å²) in [5.41, 5.74) is 0.359. The average molecular weight is 315 g/mol. The number of carbonyl (C=O) groups excluding carboxylic acids is 1. The molecule has 0 aliphatic carbocycles. The number of fused-ring (bicyclic) bond motifs is 2. The van der Waals surface area contributed by atoms with Crippen molar-refractivity contribution in [3.8, 4) is 0 Å². The molecule has 5 nitrogen and oxygen atoms in total. The largest absolute Gasteiger partial charge is 0.481 e. The zero-order chi connectivity index (χ0) is 14.4. The molecule has 1 amide bonds. The van der Waals surface area contributed by atoms with Gasteiger partial charge in [-0.1, -0.05) is 23.2 Å². The smallest absolute Gasteiger partial charge is 0.308 e. The van der Waals surface area contributed by atoms with E-state index < -0.39 is 11.9 Å². The summed E-state index contributed by atoms with van der Waals surface area (Å²) in [6.45, 7) is 0. The molecule has 1 aromatic rings. The van der Waals surface area contributed by atoms with E-state index in [1.54, 1.807) is 4.90 Å². The van der Waals surface area contributed by atoms with E-state index in [9.17, 15) is 14.7 Å². The minimum Gasteiger partial charge on any atom is -0.481 e. The second kappa shape index (κ2) is 4.90. The molecule has 0 saturated carbocycles. The molecule has 1 N–H and O–H groups in total. The molecule has 3 rings (SSSR count). The minimum absolute atomic E-state index is 0.000633. The zero-order valence-corrected chi connectivity index (χ0v) is 11.9. The number of halogens is 2. The Balaban J connectivity index is 1.90. The number of carboxylic acids is 1. The summed E-state index contributed by atoms with van der Waals surface area (Å²) in [5.74, 6) is -1.52. The van der Waals surface area contributed by atoms with Crippen LogP contribution in [-0.2, 0) is 4.79 Å². The standard InChI is InChI=1S/C13H12Cl2N2O3/c14-10-3-6(4-11(15)16-10)12(18)17-7-1-2-9(17)8(5-7)13(19)20/h3-4,7-9H,1-2,5H2,(H,19,20). The minimum atomic E-state index is -0.833. The van der Waals surface area contributed by atoms with Crippen molar-refractivity contribution in [3.63, 3.8) is 0 Å². The first kappa shape index (κ1) is 13.6. The van der Waals surface area contributed by atoms with Crippen molar-refractivity contribution in [1.82, 2.24) is 9.88 Å². The Morgan fingerprint density at radius 2 is 1.90 bits per heavy atom. The maximum Gasteiger partial charge on any atom is 0.308 e. The van der Waals surface area contributed by atoms with Gasteiger partial charge in [0.2, 0.25) is 0 Å². The summed E-state index contributed by atoms with van der Waals surface area (Å²) in [7, 11) is 0. The molecule has 1 aromatic heterocycles. The summed E-state index contributed by atoms with van der Waals surface area (Å²) in [6, 6.07) is 2.70. The number of pyridine rings is 1. The SMILES string of the molecule is O=C(O)C1CC2CCC1N2C(=O)c1cc(Cl)nc(Cl)c1.